The Balaban J connectivity index is 1.37. The average Bonchev–Trinajstić information content (AvgIpc) is 3.32. The molecule has 32 heavy (non-hydrogen) atoms. The number of H-pyrrole nitrogens is 1. The summed E-state index contributed by atoms with van der Waals surface area (Å²) in [4.78, 5) is 24.3. The van der Waals surface area contributed by atoms with Gasteiger partial charge in [-0.25, -0.2) is 4.98 Å². The number of aromatic nitrogens is 4. The van der Waals surface area contributed by atoms with Crippen molar-refractivity contribution in [2.75, 3.05) is 17.2 Å². The second kappa shape index (κ2) is 8.55. The van der Waals surface area contributed by atoms with Gasteiger partial charge < -0.3 is 10.6 Å². The molecule has 2 fully saturated rings. The lowest BCUT2D eigenvalue weighted by Gasteiger charge is -2.39. The fourth-order valence-electron chi connectivity index (χ4n) is 5.09. The average molecular weight is 431 g/mol. The summed E-state index contributed by atoms with van der Waals surface area (Å²) in [6, 6.07) is 11.0. The maximum atomic E-state index is 12.6. The van der Waals surface area contributed by atoms with Gasteiger partial charge in [0.25, 0.3) is 5.91 Å². The largest absolute Gasteiger partial charge is 0.367 e. The van der Waals surface area contributed by atoms with E-state index < -0.39 is 0 Å². The summed E-state index contributed by atoms with van der Waals surface area (Å²) in [5.41, 5.74) is 1.91. The van der Waals surface area contributed by atoms with Crippen molar-refractivity contribution in [3.8, 4) is 6.07 Å². The SMILES string of the molecule is Cc1cc(C(=O)Nc2cc3ncccc3c(NC3CC4CCC(C3)N4CCC#N)n2)n[nH]1. The van der Waals surface area contributed by atoms with Crippen molar-refractivity contribution in [3.63, 3.8) is 0 Å². The summed E-state index contributed by atoms with van der Waals surface area (Å²) < 4.78 is 0. The summed E-state index contributed by atoms with van der Waals surface area (Å²) in [7, 11) is 0. The lowest BCUT2D eigenvalue weighted by Crippen LogP contribution is -2.47. The maximum Gasteiger partial charge on any atom is 0.277 e. The summed E-state index contributed by atoms with van der Waals surface area (Å²) in [6.45, 7) is 2.71. The molecule has 0 radical (unpaired) electrons. The van der Waals surface area contributed by atoms with E-state index in [0.717, 1.165) is 41.8 Å². The minimum atomic E-state index is -0.313. The van der Waals surface area contributed by atoms with Crippen molar-refractivity contribution >= 4 is 28.4 Å². The van der Waals surface area contributed by atoms with Crippen molar-refractivity contribution in [2.24, 2.45) is 0 Å². The monoisotopic (exact) mass is 430 g/mol. The van der Waals surface area contributed by atoms with E-state index in [-0.39, 0.29) is 5.91 Å². The zero-order valence-corrected chi connectivity index (χ0v) is 18.0. The molecular weight excluding hydrogens is 404 g/mol. The van der Waals surface area contributed by atoms with Crippen LogP contribution in [0.15, 0.2) is 30.5 Å². The van der Waals surface area contributed by atoms with Crippen LogP contribution in [0.1, 0.15) is 48.3 Å². The first-order valence-electron chi connectivity index (χ1n) is 11.1. The van der Waals surface area contributed by atoms with Gasteiger partial charge in [-0.2, -0.15) is 10.4 Å². The second-order valence-electron chi connectivity index (χ2n) is 8.66. The molecule has 2 unspecified atom stereocenters. The van der Waals surface area contributed by atoms with Gasteiger partial charge in [0, 0.05) is 54.4 Å². The van der Waals surface area contributed by atoms with Gasteiger partial charge in [-0.1, -0.05) is 0 Å². The number of aryl methyl sites for hydroxylation is 1. The molecule has 3 aromatic heterocycles. The Labute approximate surface area is 186 Å². The number of hydrogen-bond donors (Lipinski definition) is 3. The minimum Gasteiger partial charge on any atom is -0.367 e. The molecule has 9 heteroatoms. The molecule has 2 aliphatic rings. The Hall–Kier alpha value is -3.51. The van der Waals surface area contributed by atoms with E-state index >= 15 is 0 Å². The van der Waals surface area contributed by atoms with Crippen LogP contribution in [-0.4, -0.2) is 55.6 Å². The maximum absolute atomic E-state index is 12.6. The summed E-state index contributed by atoms with van der Waals surface area (Å²) in [6.07, 6.45) is 6.73. The molecule has 3 N–H and O–H groups in total. The van der Waals surface area contributed by atoms with Gasteiger partial charge in [0.05, 0.1) is 11.6 Å². The Morgan fingerprint density at radius 2 is 2.12 bits per heavy atom. The number of carbonyl (C=O) groups is 1. The van der Waals surface area contributed by atoms with E-state index in [1.165, 1.54) is 12.8 Å². The molecule has 3 aromatic rings. The molecule has 0 aliphatic carbocycles. The van der Waals surface area contributed by atoms with Crippen LogP contribution >= 0.6 is 0 Å². The Morgan fingerprint density at radius 3 is 2.84 bits per heavy atom. The highest BCUT2D eigenvalue weighted by Crippen LogP contribution is 2.37. The van der Waals surface area contributed by atoms with Gasteiger partial charge in [-0.05, 0) is 50.8 Å². The topological polar surface area (TPSA) is 123 Å². The molecule has 9 nitrogen and oxygen atoms in total. The van der Waals surface area contributed by atoms with Gasteiger partial charge >= 0.3 is 0 Å². The van der Waals surface area contributed by atoms with Crippen LogP contribution in [0.5, 0.6) is 0 Å². The van der Waals surface area contributed by atoms with E-state index in [1.54, 1.807) is 18.3 Å². The van der Waals surface area contributed by atoms with Crippen LogP contribution in [0, 0.1) is 18.3 Å². The number of fused-ring (bicyclic) bond motifs is 3. The number of nitrogens with one attached hydrogen (secondary N) is 3. The molecule has 0 aromatic carbocycles. The smallest absolute Gasteiger partial charge is 0.277 e. The number of amides is 1. The predicted octanol–water partition coefficient (Wildman–Crippen LogP) is 3.23. The highest BCUT2D eigenvalue weighted by Gasteiger charge is 2.40. The molecule has 1 amide bonds. The molecule has 5 heterocycles. The number of carbonyl (C=O) groups excluding carboxylic acids is 1. The van der Waals surface area contributed by atoms with Gasteiger partial charge in [-0.15, -0.1) is 0 Å². The van der Waals surface area contributed by atoms with E-state index in [9.17, 15) is 4.79 Å². The normalized spacial score (nSPS) is 22.6. The molecule has 164 valence electrons. The minimum absolute atomic E-state index is 0.293. The number of pyridine rings is 2. The fourth-order valence-corrected chi connectivity index (χ4v) is 5.09. The fraction of sp³-hybridized carbons (Fsp3) is 0.435. The van der Waals surface area contributed by atoms with Crippen LogP contribution in [0.4, 0.5) is 11.6 Å². The molecule has 2 saturated heterocycles. The van der Waals surface area contributed by atoms with Crippen molar-refractivity contribution < 1.29 is 4.79 Å². The summed E-state index contributed by atoms with van der Waals surface area (Å²) in [5.74, 6) is 0.865. The zero-order valence-electron chi connectivity index (χ0n) is 18.0. The van der Waals surface area contributed by atoms with Gasteiger partial charge in [0.1, 0.15) is 11.6 Å². The lowest BCUT2D eigenvalue weighted by molar-refractivity contribution is 0.102. The number of nitriles is 1. The zero-order chi connectivity index (χ0) is 22.1. The Bertz CT molecular complexity index is 1170. The van der Waals surface area contributed by atoms with Gasteiger partial charge in [0.2, 0.25) is 0 Å². The quantitative estimate of drug-likeness (QED) is 0.549. The highest BCUT2D eigenvalue weighted by atomic mass is 16.2. The number of aromatic amines is 1. The number of anilines is 2. The molecule has 5 rings (SSSR count). The molecular formula is C23H26N8O. The standard InChI is InChI=1S/C23H26N8O/c1-14-10-20(30-29-14)23(32)28-21-13-19-18(4-2-8-25-19)22(27-21)26-15-11-16-5-6-17(12-15)31(16)9-3-7-24/h2,4,8,10,13,15-17H,3,5-6,9,11-12H2,1H3,(H,29,30)(H2,26,27,28,32). The van der Waals surface area contributed by atoms with Crippen LogP contribution < -0.4 is 10.6 Å². The molecule has 2 aliphatic heterocycles. The first-order valence-corrected chi connectivity index (χ1v) is 11.1. The third-order valence-electron chi connectivity index (χ3n) is 6.49. The highest BCUT2D eigenvalue weighted by molar-refractivity contribution is 6.03. The third-order valence-corrected chi connectivity index (χ3v) is 6.49. The summed E-state index contributed by atoms with van der Waals surface area (Å²) in [5, 5.41) is 23.2. The second-order valence-corrected chi connectivity index (χ2v) is 8.66. The molecule has 2 bridgehead atoms. The van der Waals surface area contributed by atoms with Crippen molar-refractivity contribution in [3.05, 3.63) is 41.9 Å². The van der Waals surface area contributed by atoms with Crippen LogP contribution in [0.3, 0.4) is 0 Å². The number of hydrogen-bond acceptors (Lipinski definition) is 7. The number of piperidine rings is 1. The summed E-state index contributed by atoms with van der Waals surface area (Å²) >= 11 is 0. The lowest BCUT2D eigenvalue weighted by atomic mass is 9.97. The third kappa shape index (κ3) is 4.01. The predicted molar refractivity (Wildman–Crippen MR) is 121 cm³/mol. The number of rotatable bonds is 6. The van der Waals surface area contributed by atoms with Gasteiger partial charge in [0.15, 0.2) is 5.69 Å². The molecule has 2 atom stereocenters. The van der Waals surface area contributed by atoms with E-state index in [2.05, 4.69) is 36.8 Å². The van der Waals surface area contributed by atoms with Crippen LogP contribution in [0.2, 0.25) is 0 Å². The van der Waals surface area contributed by atoms with Crippen LogP contribution in [0.25, 0.3) is 10.9 Å². The van der Waals surface area contributed by atoms with Crippen molar-refractivity contribution in [2.45, 2.75) is 57.2 Å². The Kier molecular flexibility index (Phi) is 5.45. The molecule has 0 spiro atoms. The van der Waals surface area contributed by atoms with E-state index in [0.29, 0.717) is 36.1 Å². The van der Waals surface area contributed by atoms with E-state index in [4.69, 9.17) is 10.2 Å². The first-order chi connectivity index (χ1) is 15.6. The van der Waals surface area contributed by atoms with Crippen molar-refractivity contribution in [1.82, 2.24) is 25.1 Å². The van der Waals surface area contributed by atoms with Crippen LogP contribution in [-0.2, 0) is 0 Å². The first kappa shape index (κ1) is 20.4. The number of nitrogens with zero attached hydrogens (tertiary/aromatic N) is 5. The molecule has 0 saturated carbocycles. The van der Waals surface area contributed by atoms with E-state index in [1.807, 2.05) is 19.1 Å². The van der Waals surface area contributed by atoms with Gasteiger partial charge in [-0.3, -0.25) is 19.8 Å². The van der Waals surface area contributed by atoms with Crippen molar-refractivity contribution in [1.29, 1.82) is 5.26 Å². The Morgan fingerprint density at radius 1 is 1.31 bits per heavy atom.